The van der Waals surface area contributed by atoms with Gasteiger partial charge in [-0.1, -0.05) is 36.4 Å². The molecule has 5 heteroatoms. The Hall–Kier alpha value is -1.65. The Labute approximate surface area is 84.7 Å². The molecule has 0 aliphatic carbocycles. The van der Waals surface area contributed by atoms with Crippen LogP contribution >= 0.6 is 0 Å². The molecule has 0 bridgehead atoms. The number of benzene rings is 1. The van der Waals surface area contributed by atoms with E-state index in [1.165, 1.54) is 0 Å². The van der Waals surface area contributed by atoms with Crippen LogP contribution in [0.4, 0.5) is 13.2 Å². The minimum Gasteiger partial charge on any atom is -0.300 e. The maximum absolute atomic E-state index is 11.6. The summed E-state index contributed by atoms with van der Waals surface area (Å²) in [6, 6.07) is 12.0. The van der Waals surface area contributed by atoms with E-state index in [0.717, 1.165) is 0 Å². The molecule has 0 amide bonds. The van der Waals surface area contributed by atoms with Crippen LogP contribution in [-0.4, -0.2) is 24.7 Å². The van der Waals surface area contributed by atoms with Crippen molar-refractivity contribution in [3.05, 3.63) is 36.4 Å². The lowest BCUT2D eigenvalue weighted by Gasteiger charge is -1.94. The van der Waals surface area contributed by atoms with Crippen LogP contribution in [0.1, 0.15) is 0 Å². The molecular formula is C10H9F3O2. The molecule has 1 unspecified atom stereocenters. The van der Waals surface area contributed by atoms with E-state index < -0.39 is 24.7 Å². The largest absolute Gasteiger partial charge is 0.300 e. The van der Waals surface area contributed by atoms with Gasteiger partial charge in [-0.2, -0.15) is 0 Å². The zero-order valence-corrected chi connectivity index (χ0v) is 7.65. The van der Waals surface area contributed by atoms with Gasteiger partial charge in [0.25, 0.3) is 6.43 Å². The first-order valence-corrected chi connectivity index (χ1v) is 4.01. The second-order valence-electron chi connectivity index (χ2n) is 2.40. The van der Waals surface area contributed by atoms with Gasteiger partial charge >= 0.3 is 0 Å². The third-order valence-corrected chi connectivity index (χ3v) is 1.27. The van der Waals surface area contributed by atoms with Gasteiger partial charge in [0.05, 0.1) is 0 Å². The number of halogens is 3. The van der Waals surface area contributed by atoms with Crippen molar-refractivity contribution >= 4 is 12.1 Å². The number of ketones is 1. The summed E-state index contributed by atoms with van der Waals surface area (Å²) in [5.74, 6) is -1.98. The van der Waals surface area contributed by atoms with Crippen molar-refractivity contribution in [2.75, 3.05) is 0 Å². The lowest BCUT2D eigenvalue weighted by molar-refractivity contribution is -0.137. The minimum atomic E-state index is -3.40. The molecule has 1 aromatic rings. The summed E-state index contributed by atoms with van der Waals surface area (Å²) >= 11 is 0. The molecule has 1 aromatic carbocycles. The van der Waals surface area contributed by atoms with Crippen LogP contribution in [0, 0.1) is 0 Å². The van der Waals surface area contributed by atoms with Crippen LogP contribution in [0.15, 0.2) is 36.4 Å². The van der Waals surface area contributed by atoms with Crippen molar-refractivity contribution in [2.45, 2.75) is 12.6 Å². The molecule has 0 aromatic heterocycles. The molecule has 1 rings (SSSR count). The quantitative estimate of drug-likeness (QED) is 0.574. The molecule has 0 saturated heterocycles. The number of hydrogen-bond acceptors (Lipinski definition) is 2. The summed E-state index contributed by atoms with van der Waals surface area (Å²) in [7, 11) is 0. The minimum absolute atomic E-state index is 0.464. The molecule has 82 valence electrons. The fraction of sp³-hybridized carbons (Fsp3) is 0.200. The predicted molar refractivity (Wildman–Crippen MR) is 48.4 cm³/mol. The van der Waals surface area contributed by atoms with Crippen LogP contribution in [0.5, 0.6) is 0 Å². The normalized spacial score (nSPS) is 11.2. The van der Waals surface area contributed by atoms with Gasteiger partial charge in [0.2, 0.25) is 12.0 Å². The van der Waals surface area contributed by atoms with Crippen molar-refractivity contribution in [1.82, 2.24) is 0 Å². The number of alkyl halides is 3. The molecule has 0 fully saturated rings. The molecule has 0 heterocycles. The van der Waals surface area contributed by atoms with Crippen molar-refractivity contribution in [1.29, 1.82) is 0 Å². The number of carbonyl (C=O) groups excluding carboxylic acids is 2. The molecule has 0 spiro atoms. The Balaban J connectivity index is 0.000000280. The molecule has 0 aliphatic heterocycles. The summed E-state index contributed by atoms with van der Waals surface area (Å²) in [4.78, 5) is 19.0. The van der Waals surface area contributed by atoms with Gasteiger partial charge in [0.15, 0.2) is 6.29 Å². The van der Waals surface area contributed by atoms with E-state index in [-0.39, 0.29) is 0 Å². The van der Waals surface area contributed by atoms with E-state index in [1.807, 2.05) is 36.4 Å². The smallest absolute Gasteiger partial charge is 0.299 e. The van der Waals surface area contributed by atoms with Crippen molar-refractivity contribution in [2.24, 2.45) is 0 Å². The van der Waals surface area contributed by atoms with Crippen LogP contribution < -0.4 is 0 Å². The van der Waals surface area contributed by atoms with Crippen LogP contribution in [0.25, 0.3) is 0 Å². The summed E-state index contributed by atoms with van der Waals surface area (Å²) in [6.45, 7) is 0. The molecule has 0 saturated carbocycles. The average Bonchev–Trinajstić information content (AvgIpc) is 2.30. The molecular weight excluding hydrogens is 209 g/mol. The standard InChI is InChI=1S/C6H6.C4H3F3O2/c1-2-4-6-5-3-1;5-2(1-8)3(9)4(6)7/h1-6H;1-2,4H. The monoisotopic (exact) mass is 218 g/mol. The molecule has 1 atom stereocenters. The van der Waals surface area contributed by atoms with Crippen LogP contribution in [-0.2, 0) is 9.59 Å². The first kappa shape index (κ1) is 13.4. The third kappa shape index (κ3) is 6.42. The fourth-order valence-electron chi connectivity index (χ4n) is 0.572. The molecule has 0 radical (unpaired) electrons. The van der Waals surface area contributed by atoms with E-state index in [1.54, 1.807) is 0 Å². The van der Waals surface area contributed by atoms with E-state index in [2.05, 4.69) is 0 Å². The summed E-state index contributed by atoms with van der Waals surface area (Å²) in [5.41, 5.74) is 0. The topological polar surface area (TPSA) is 34.1 Å². The zero-order chi connectivity index (χ0) is 11.7. The lowest BCUT2D eigenvalue weighted by Crippen LogP contribution is -2.23. The predicted octanol–water partition coefficient (Wildman–Crippen LogP) is 2.04. The number of hydrogen-bond donors (Lipinski definition) is 0. The van der Waals surface area contributed by atoms with Gasteiger partial charge in [-0.25, -0.2) is 13.2 Å². The first-order chi connectivity index (χ1) is 7.09. The lowest BCUT2D eigenvalue weighted by atomic mass is 10.3. The first-order valence-electron chi connectivity index (χ1n) is 4.01. The molecule has 0 N–H and O–H groups in total. The zero-order valence-electron chi connectivity index (χ0n) is 7.65. The highest BCUT2D eigenvalue weighted by Crippen LogP contribution is 1.99. The van der Waals surface area contributed by atoms with Gasteiger partial charge in [0, 0.05) is 0 Å². The van der Waals surface area contributed by atoms with Gasteiger partial charge < -0.3 is 0 Å². The molecule has 2 nitrogen and oxygen atoms in total. The Morgan fingerprint density at radius 2 is 1.27 bits per heavy atom. The maximum atomic E-state index is 11.6. The number of aldehydes is 1. The summed E-state index contributed by atoms with van der Waals surface area (Å²) in [6.07, 6.45) is -6.54. The highest BCUT2D eigenvalue weighted by atomic mass is 19.3. The Kier molecular flexibility index (Phi) is 6.88. The summed E-state index contributed by atoms with van der Waals surface area (Å²) in [5, 5.41) is 0. The van der Waals surface area contributed by atoms with Gasteiger partial charge in [-0.15, -0.1) is 0 Å². The highest BCUT2D eigenvalue weighted by Gasteiger charge is 2.25. The summed E-state index contributed by atoms with van der Waals surface area (Å²) < 4.78 is 33.8. The highest BCUT2D eigenvalue weighted by molar-refractivity contribution is 5.97. The third-order valence-electron chi connectivity index (χ3n) is 1.27. The van der Waals surface area contributed by atoms with E-state index >= 15 is 0 Å². The van der Waals surface area contributed by atoms with Gasteiger partial charge in [-0.3, -0.25) is 9.59 Å². The van der Waals surface area contributed by atoms with Gasteiger partial charge in [0.1, 0.15) is 0 Å². The van der Waals surface area contributed by atoms with E-state index in [4.69, 9.17) is 0 Å². The molecule has 0 aliphatic rings. The van der Waals surface area contributed by atoms with E-state index in [9.17, 15) is 22.8 Å². The Morgan fingerprint density at radius 1 is 0.933 bits per heavy atom. The second-order valence-corrected chi connectivity index (χ2v) is 2.40. The van der Waals surface area contributed by atoms with Crippen molar-refractivity contribution < 1.29 is 22.8 Å². The van der Waals surface area contributed by atoms with Crippen molar-refractivity contribution in [3.8, 4) is 0 Å². The number of carbonyl (C=O) groups is 2. The average molecular weight is 218 g/mol. The SMILES string of the molecule is O=CC(F)C(=O)C(F)F.c1ccccc1. The van der Waals surface area contributed by atoms with Crippen molar-refractivity contribution in [3.63, 3.8) is 0 Å². The number of Topliss-reactive ketones (excluding diaryl/α,β-unsaturated/α-hetero) is 1. The fourth-order valence-corrected chi connectivity index (χ4v) is 0.572. The second kappa shape index (κ2) is 7.73. The Morgan fingerprint density at radius 3 is 1.40 bits per heavy atom. The van der Waals surface area contributed by atoms with Gasteiger partial charge in [-0.05, 0) is 0 Å². The van der Waals surface area contributed by atoms with Crippen LogP contribution in [0.2, 0.25) is 0 Å². The molecule has 15 heavy (non-hydrogen) atoms. The Bertz CT molecular complexity index is 261. The van der Waals surface area contributed by atoms with E-state index in [0.29, 0.717) is 0 Å². The maximum Gasteiger partial charge on any atom is 0.299 e. The van der Waals surface area contributed by atoms with Crippen LogP contribution in [0.3, 0.4) is 0 Å². The number of rotatable bonds is 3.